The van der Waals surface area contributed by atoms with Crippen LogP contribution in [-0.2, 0) is 9.53 Å². The number of benzene rings is 2. The fraction of sp³-hybridized carbons (Fsp3) is 0.286. The van der Waals surface area contributed by atoms with Gasteiger partial charge >= 0.3 is 11.7 Å². The number of esters is 1. The van der Waals surface area contributed by atoms with E-state index in [4.69, 9.17) is 16.3 Å². The monoisotopic (exact) mass is 400 g/mol. The molecule has 1 atom stereocenters. The first kappa shape index (κ1) is 19.9. The Kier molecular flexibility index (Phi) is 5.17. The van der Waals surface area contributed by atoms with Gasteiger partial charge in [-0.05, 0) is 58.0 Å². The summed E-state index contributed by atoms with van der Waals surface area (Å²) in [4.78, 5) is 39.0. The quantitative estimate of drug-likeness (QED) is 0.628. The molecular weight excluding hydrogens is 380 g/mol. The van der Waals surface area contributed by atoms with Crippen LogP contribution in [0.2, 0.25) is 5.02 Å². The van der Waals surface area contributed by atoms with Crippen LogP contribution in [0, 0.1) is 0 Å². The summed E-state index contributed by atoms with van der Waals surface area (Å²) < 4.78 is 7.75. The molecule has 0 radical (unpaired) electrons. The molecule has 6 nitrogen and oxygen atoms in total. The fourth-order valence-electron chi connectivity index (χ4n) is 2.99. The molecule has 1 heterocycles. The van der Waals surface area contributed by atoms with E-state index in [-0.39, 0.29) is 0 Å². The highest BCUT2D eigenvalue weighted by atomic mass is 35.5. The molecule has 28 heavy (non-hydrogen) atoms. The molecular formula is C21H21ClN2O4. The molecule has 0 saturated heterocycles. The number of nitrogens with zero attached hydrogens (tertiary/aromatic N) is 2. The summed E-state index contributed by atoms with van der Waals surface area (Å²) in [6, 6.07) is 12.2. The average Bonchev–Trinajstić information content (AvgIpc) is 2.60. The minimum Gasteiger partial charge on any atom is -0.458 e. The maximum atomic E-state index is 13.3. The third-order valence-corrected chi connectivity index (χ3v) is 4.43. The molecule has 2 aromatic carbocycles. The lowest BCUT2D eigenvalue weighted by molar-refractivity contribution is -0.158. The Hall–Kier alpha value is -2.86. The zero-order chi connectivity index (χ0) is 20.6. The number of aromatic nitrogens is 2. The summed E-state index contributed by atoms with van der Waals surface area (Å²) in [5, 5.41) is 0.709. The highest BCUT2D eigenvalue weighted by Gasteiger charge is 2.27. The Morgan fingerprint density at radius 1 is 1.07 bits per heavy atom. The van der Waals surface area contributed by atoms with Crippen LogP contribution >= 0.6 is 11.6 Å². The third kappa shape index (κ3) is 3.73. The minimum atomic E-state index is -0.928. The summed E-state index contributed by atoms with van der Waals surface area (Å²) in [5.41, 5.74) is -1.11. The summed E-state index contributed by atoms with van der Waals surface area (Å²) >= 11 is 6.04. The van der Waals surface area contributed by atoms with Gasteiger partial charge in [0, 0.05) is 5.02 Å². The number of fused-ring (bicyclic) bond motifs is 1. The van der Waals surface area contributed by atoms with Crippen molar-refractivity contribution in [3.05, 3.63) is 74.4 Å². The number of halogens is 1. The number of ether oxygens (including phenoxy) is 1. The molecule has 0 spiro atoms. The van der Waals surface area contributed by atoms with Crippen molar-refractivity contribution < 1.29 is 9.53 Å². The van der Waals surface area contributed by atoms with E-state index in [2.05, 4.69) is 0 Å². The number of rotatable bonds is 3. The Balaban J connectivity index is 2.33. The standard InChI is InChI=1S/C21H21ClN2O4/c1-13(19(26)28-21(2,3)4)23-17-11-6-5-10-16(17)18(25)24(20(23)27)15-9-7-8-14(22)12-15/h5-13H,1-4H3. The fourth-order valence-corrected chi connectivity index (χ4v) is 3.18. The highest BCUT2D eigenvalue weighted by molar-refractivity contribution is 6.30. The molecule has 0 fully saturated rings. The normalized spacial score (nSPS) is 12.8. The van der Waals surface area contributed by atoms with Gasteiger partial charge < -0.3 is 4.74 Å². The number of carbonyl (C=O) groups is 1. The summed E-state index contributed by atoms with van der Waals surface area (Å²) in [5.74, 6) is -0.559. The van der Waals surface area contributed by atoms with Gasteiger partial charge in [0.2, 0.25) is 0 Å². The van der Waals surface area contributed by atoms with Crippen LogP contribution in [0.15, 0.2) is 58.1 Å². The first-order valence-electron chi connectivity index (χ1n) is 8.85. The van der Waals surface area contributed by atoms with Crippen LogP contribution in [0.5, 0.6) is 0 Å². The smallest absolute Gasteiger partial charge is 0.336 e. The van der Waals surface area contributed by atoms with Gasteiger partial charge in [-0.3, -0.25) is 9.36 Å². The van der Waals surface area contributed by atoms with E-state index in [1.807, 2.05) is 0 Å². The average molecular weight is 401 g/mol. The van der Waals surface area contributed by atoms with Gasteiger partial charge in [-0.15, -0.1) is 0 Å². The second kappa shape index (κ2) is 7.28. The van der Waals surface area contributed by atoms with Crippen molar-refractivity contribution in [3.63, 3.8) is 0 Å². The molecule has 146 valence electrons. The number of carbonyl (C=O) groups excluding carboxylic acids is 1. The molecule has 0 aliphatic heterocycles. The van der Waals surface area contributed by atoms with E-state index in [1.54, 1.807) is 70.2 Å². The van der Waals surface area contributed by atoms with Crippen LogP contribution in [0.1, 0.15) is 33.7 Å². The molecule has 0 saturated carbocycles. The Morgan fingerprint density at radius 2 is 1.75 bits per heavy atom. The van der Waals surface area contributed by atoms with Crippen molar-refractivity contribution in [1.82, 2.24) is 9.13 Å². The predicted molar refractivity (Wildman–Crippen MR) is 109 cm³/mol. The molecule has 3 aromatic rings. The molecule has 7 heteroatoms. The summed E-state index contributed by atoms with van der Waals surface area (Å²) in [6.07, 6.45) is 0. The molecule has 1 unspecified atom stereocenters. The Bertz CT molecular complexity index is 1170. The SMILES string of the molecule is CC(C(=O)OC(C)(C)C)n1c(=O)n(-c2cccc(Cl)c2)c(=O)c2ccccc21. The van der Waals surface area contributed by atoms with E-state index < -0.39 is 28.9 Å². The highest BCUT2D eigenvalue weighted by Crippen LogP contribution is 2.19. The van der Waals surface area contributed by atoms with Crippen LogP contribution in [-0.4, -0.2) is 20.7 Å². The van der Waals surface area contributed by atoms with Crippen molar-refractivity contribution in [2.75, 3.05) is 0 Å². The van der Waals surface area contributed by atoms with Crippen molar-refractivity contribution in [1.29, 1.82) is 0 Å². The van der Waals surface area contributed by atoms with Gasteiger partial charge in [0.1, 0.15) is 11.6 Å². The maximum Gasteiger partial charge on any atom is 0.336 e. The zero-order valence-corrected chi connectivity index (χ0v) is 16.9. The lowest BCUT2D eigenvalue weighted by Crippen LogP contribution is -2.42. The molecule has 1 aromatic heterocycles. The lowest BCUT2D eigenvalue weighted by atomic mass is 10.2. The topological polar surface area (TPSA) is 70.3 Å². The molecule has 0 bridgehead atoms. The Labute approximate surface area is 166 Å². The first-order valence-corrected chi connectivity index (χ1v) is 9.23. The molecule has 3 rings (SSSR count). The van der Waals surface area contributed by atoms with E-state index in [0.717, 1.165) is 4.57 Å². The van der Waals surface area contributed by atoms with Gasteiger partial charge in [-0.2, -0.15) is 0 Å². The van der Waals surface area contributed by atoms with Crippen molar-refractivity contribution in [2.45, 2.75) is 39.3 Å². The van der Waals surface area contributed by atoms with Gasteiger partial charge in [0.05, 0.1) is 16.6 Å². The largest absolute Gasteiger partial charge is 0.458 e. The third-order valence-electron chi connectivity index (χ3n) is 4.20. The van der Waals surface area contributed by atoms with Crippen molar-refractivity contribution in [3.8, 4) is 5.69 Å². The first-order chi connectivity index (χ1) is 13.1. The maximum absolute atomic E-state index is 13.3. The van der Waals surface area contributed by atoms with E-state index in [9.17, 15) is 14.4 Å². The summed E-state index contributed by atoms with van der Waals surface area (Å²) in [7, 11) is 0. The van der Waals surface area contributed by atoms with E-state index in [1.165, 1.54) is 10.6 Å². The van der Waals surface area contributed by atoms with Gasteiger partial charge in [0.25, 0.3) is 5.56 Å². The lowest BCUT2D eigenvalue weighted by Gasteiger charge is -2.24. The molecule has 0 N–H and O–H groups in total. The molecule has 0 aliphatic rings. The van der Waals surface area contributed by atoms with Gasteiger partial charge in [-0.25, -0.2) is 14.2 Å². The van der Waals surface area contributed by atoms with Crippen LogP contribution < -0.4 is 11.2 Å². The number of para-hydroxylation sites is 1. The van der Waals surface area contributed by atoms with E-state index >= 15 is 0 Å². The van der Waals surface area contributed by atoms with Crippen molar-refractivity contribution >= 4 is 28.5 Å². The second-order valence-corrected chi connectivity index (χ2v) is 7.94. The molecule has 0 amide bonds. The van der Waals surface area contributed by atoms with Gasteiger partial charge in [-0.1, -0.05) is 29.8 Å². The predicted octanol–water partition coefficient (Wildman–Crippen LogP) is 3.71. The number of hydrogen-bond acceptors (Lipinski definition) is 4. The number of hydrogen-bond donors (Lipinski definition) is 0. The Morgan fingerprint density at radius 3 is 2.39 bits per heavy atom. The van der Waals surface area contributed by atoms with Crippen LogP contribution in [0.3, 0.4) is 0 Å². The van der Waals surface area contributed by atoms with Crippen molar-refractivity contribution in [2.24, 2.45) is 0 Å². The zero-order valence-electron chi connectivity index (χ0n) is 16.1. The minimum absolute atomic E-state index is 0.317. The van der Waals surface area contributed by atoms with E-state index in [0.29, 0.717) is 21.6 Å². The second-order valence-electron chi connectivity index (χ2n) is 7.50. The molecule has 0 aliphatic carbocycles. The van der Waals surface area contributed by atoms with Crippen LogP contribution in [0.25, 0.3) is 16.6 Å². The van der Waals surface area contributed by atoms with Gasteiger partial charge in [0.15, 0.2) is 0 Å². The summed E-state index contributed by atoms with van der Waals surface area (Å²) in [6.45, 7) is 6.84. The van der Waals surface area contributed by atoms with Crippen LogP contribution in [0.4, 0.5) is 0 Å².